The topological polar surface area (TPSA) is 111 Å². The molecule has 0 bridgehead atoms. The summed E-state index contributed by atoms with van der Waals surface area (Å²) in [6.45, 7) is 0. The van der Waals surface area contributed by atoms with Crippen LogP contribution in [-0.4, -0.2) is 30.2 Å². The molecule has 0 fully saturated rings. The van der Waals surface area contributed by atoms with E-state index >= 15 is 0 Å². The average Bonchev–Trinajstić information content (AvgIpc) is 2.55. The van der Waals surface area contributed by atoms with Gasteiger partial charge in [-0.1, -0.05) is 0 Å². The van der Waals surface area contributed by atoms with Crippen LogP contribution in [-0.2, 0) is 0 Å². The Hall–Kier alpha value is -3.29. The van der Waals surface area contributed by atoms with E-state index in [1.165, 1.54) is 38.5 Å². The molecule has 2 aromatic rings. The second kappa shape index (κ2) is 6.65. The highest BCUT2D eigenvalue weighted by Crippen LogP contribution is 2.29. The van der Waals surface area contributed by atoms with Crippen LogP contribution in [0.15, 0.2) is 36.4 Å². The molecule has 1 amide bonds. The lowest BCUT2D eigenvalue weighted by molar-refractivity contribution is -0.384. The minimum Gasteiger partial charge on any atom is -0.506 e. The van der Waals surface area contributed by atoms with Gasteiger partial charge in [0.15, 0.2) is 0 Å². The number of hydrogen-bond acceptors (Lipinski definition) is 6. The van der Waals surface area contributed by atoms with E-state index in [1.54, 1.807) is 6.07 Å². The van der Waals surface area contributed by atoms with Gasteiger partial charge in [-0.05, 0) is 18.2 Å². The maximum atomic E-state index is 12.3. The molecule has 0 radical (unpaired) electrons. The monoisotopic (exact) mass is 318 g/mol. The Balaban J connectivity index is 2.27. The van der Waals surface area contributed by atoms with Crippen LogP contribution in [0.3, 0.4) is 0 Å². The third-order valence-corrected chi connectivity index (χ3v) is 3.05. The molecule has 8 nitrogen and oxygen atoms in total. The van der Waals surface area contributed by atoms with Crippen LogP contribution in [0.4, 0.5) is 11.4 Å². The lowest BCUT2D eigenvalue weighted by atomic mass is 10.1. The van der Waals surface area contributed by atoms with Crippen molar-refractivity contribution in [2.24, 2.45) is 0 Å². The number of nitrogens with one attached hydrogen (secondary N) is 1. The van der Waals surface area contributed by atoms with Crippen LogP contribution in [0.1, 0.15) is 10.4 Å². The Bertz CT molecular complexity index is 737. The summed E-state index contributed by atoms with van der Waals surface area (Å²) in [4.78, 5) is 22.2. The van der Waals surface area contributed by atoms with Crippen LogP contribution in [0.2, 0.25) is 0 Å². The van der Waals surface area contributed by atoms with E-state index in [9.17, 15) is 20.0 Å². The molecule has 0 aliphatic carbocycles. The summed E-state index contributed by atoms with van der Waals surface area (Å²) in [5, 5.41) is 22.9. The van der Waals surface area contributed by atoms with Crippen molar-refractivity contribution in [3.63, 3.8) is 0 Å². The fourth-order valence-electron chi connectivity index (χ4n) is 1.87. The summed E-state index contributed by atoms with van der Waals surface area (Å²) in [7, 11) is 2.91. The Kier molecular flexibility index (Phi) is 4.65. The van der Waals surface area contributed by atoms with Gasteiger partial charge in [0.05, 0.1) is 30.9 Å². The van der Waals surface area contributed by atoms with Crippen molar-refractivity contribution in [3.05, 3.63) is 52.1 Å². The molecule has 0 aliphatic rings. The van der Waals surface area contributed by atoms with Crippen molar-refractivity contribution in [1.29, 1.82) is 0 Å². The smallest absolute Gasteiger partial charge is 0.273 e. The largest absolute Gasteiger partial charge is 0.506 e. The van der Waals surface area contributed by atoms with Crippen molar-refractivity contribution in [1.82, 2.24) is 0 Å². The molecule has 23 heavy (non-hydrogen) atoms. The zero-order valence-corrected chi connectivity index (χ0v) is 12.4. The number of nitrogens with zero attached hydrogens (tertiary/aromatic N) is 1. The Morgan fingerprint density at radius 2 is 1.74 bits per heavy atom. The summed E-state index contributed by atoms with van der Waals surface area (Å²) >= 11 is 0. The first-order valence-electron chi connectivity index (χ1n) is 6.46. The number of non-ortho nitro benzene ring substituents is 1. The highest BCUT2D eigenvalue weighted by molar-refractivity contribution is 6.05. The molecule has 0 saturated carbocycles. The number of phenolic OH excluding ortho intramolecular Hbond substituents is 1. The molecule has 0 aromatic heterocycles. The maximum absolute atomic E-state index is 12.3. The summed E-state index contributed by atoms with van der Waals surface area (Å²) in [5.41, 5.74) is 0.0323. The first-order chi connectivity index (χ1) is 10.9. The molecule has 2 rings (SSSR count). The third kappa shape index (κ3) is 3.67. The molecule has 0 spiro atoms. The fourth-order valence-corrected chi connectivity index (χ4v) is 1.87. The SMILES string of the molecule is COc1cc(OC)cc(C(=O)Nc2ccc([N+](=O)[O-])cc2O)c1. The third-order valence-electron chi connectivity index (χ3n) is 3.05. The molecule has 0 unspecified atom stereocenters. The maximum Gasteiger partial charge on any atom is 0.273 e. The van der Waals surface area contributed by atoms with E-state index in [4.69, 9.17) is 9.47 Å². The molecule has 0 saturated heterocycles. The predicted octanol–water partition coefficient (Wildman–Crippen LogP) is 2.57. The number of carbonyl (C=O) groups excluding carboxylic acids is 1. The van der Waals surface area contributed by atoms with Crippen LogP contribution >= 0.6 is 0 Å². The van der Waals surface area contributed by atoms with Gasteiger partial charge in [0.2, 0.25) is 0 Å². The molecular formula is C15H14N2O6. The number of methoxy groups -OCH3 is 2. The Labute approximate surface area is 131 Å². The van der Waals surface area contributed by atoms with Gasteiger partial charge in [-0.25, -0.2) is 0 Å². The predicted molar refractivity (Wildman–Crippen MR) is 82.3 cm³/mol. The molecule has 0 aliphatic heterocycles. The standard InChI is InChI=1S/C15H14N2O6/c1-22-11-5-9(6-12(8-11)23-2)15(19)16-13-4-3-10(17(20)21)7-14(13)18/h3-8,18H,1-2H3,(H,16,19). The lowest BCUT2D eigenvalue weighted by Gasteiger charge is -2.10. The number of nitro groups is 1. The number of aromatic hydroxyl groups is 1. The Morgan fingerprint density at radius 1 is 1.13 bits per heavy atom. The lowest BCUT2D eigenvalue weighted by Crippen LogP contribution is -2.12. The summed E-state index contributed by atoms with van der Waals surface area (Å²) in [6, 6.07) is 8.01. The van der Waals surface area contributed by atoms with E-state index in [0.29, 0.717) is 11.5 Å². The van der Waals surface area contributed by atoms with Gasteiger partial charge in [-0.2, -0.15) is 0 Å². The van der Waals surface area contributed by atoms with Gasteiger partial charge < -0.3 is 19.9 Å². The molecule has 8 heteroatoms. The van der Waals surface area contributed by atoms with Crippen molar-refractivity contribution in [3.8, 4) is 17.2 Å². The van der Waals surface area contributed by atoms with E-state index in [-0.39, 0.29) is 16.9 Å². The first-order valence-corrected chi connectivity index (χ1v) is 6.46. The summed E-state index contributed by atoms with van der Waals surface area (Å²) < 4.78 is 10.2. The number of anilines is 1. The minimum atomic E-state index is -0.641. The number of amides is 1. The van der Waals surface area contributed by atoms with Crippen molar-refractivity contribution in [2.45, 2.75) is 0 Å². The Morgan fingerprint density at radius 3 is 2.22 bits per heavy atom. The zero-order chi connectivity index (χ0) is 17.0. The highest BCUT2D eigenvalue weighted by atomic mass is 16.6. The van der Waals surface area contributed by atoms with Gasteiger partial charge in [0.1, 0.15) is 17.2 Å². The van der Waals surface area contributed by atoms with E-state index in [2.05, 4.69) is 5.32 Å². The van der Waals surface area contributed by atoms with Crippen molar-refractivity contribution in [2.75, 3.05) is 19.5 Å². The van der Waals surface area contributed by atoms with Gasteiger partial charge >= 0.3 is 0 Å². The molecule has 120 valence electrons. The van der Waals surface area contributed by atoms with Gasteiger partial charge in [-0.15, -0.1) is 0 Å². The number of rotatable bonds is 5. The molecule has 0 heterocycles. The second-order valence-corrected chi connectivity index (χ2v) is 4.51. The second-order valence-electron chi connectivity index (χ2n) is 4.51. The number of carbonyl (C=O) groups is 1. The number of ether oxygens (including phenoxy) is 2. The highest BCUT2D eigenvalue weighted by Gasteiger charge is 2.14. The number of nitro benzene ring substituents is 1. The van der Waals surface area contributed by atoms with E-state index in [0.717, 1.165) is 6.07 Å². The van der Waals surface area contributed by atoms with Crippen molar-refractivity contribution >= 4 is 17.3 Å². The number of phenols is 1. The quantitative estimate of drug-likeness (QED) is 0.498. The molecular weight excluding hydrogens is 304 g/mol. The molecule has 2 N–H and O–H groups in total. The van der Waals surface area contributed by atoms with Gasteiger partial charge in [-0.3, -0.25) is 14.9 Å². The zero-order valence-electron chi connectivity index (χ0n) is 12.4. The number of hydrogen-bond donors (Lipinski definition) is 2. The average molecular weight is 318 g/mol. The minimum absolute atomic E-state index is 0.0578. The van der Waals surface area contributed by atoms with Gasteiger partial charge in [0.25, 0.3) is 11.6 Å². The van der Waals surface area contributed by atoms with Crippen LogP contribution in [0.25, 0.3) is 0 Å². The normalized spacial score (nSPS) is 10.0. The molecule has 2 aromatic carbocycles. The summed E-state index contributed by atoms with van der Waals surface area (Å²) in [5.74, 6) is -0.0568. The van der Waals surface area contributed by atoms with Crippen LogP contribution in [0, 0.1) is 10.1 Å². The van der Waals surface area contributed by atoms with Gasteiger partial charge in [0, 0.05) is 17.7 Å². The fraction of sp³-hybridized carbons (Fsp3) is 0.133. The van der Waals surface area contributed by atoms with Crippen molar-refractivity contribution < 1.29 is 24.3 Å². The molecule has 0 atom stereocenters. The van der Waals surface area contributed by atoms with E-state index in [1.807, 2.05) is 0 Å². The number of benzene rings is 2. The summed E-state index contributed by atoms with van der Waals surface area (Å²) in [6.07, 6.45) is 0. The van der Waals surface area contributed by atoms with Crippen LogP contribution in [0.5, 0.6) is 17.2 Å². The van der Waals surface area contributed by atoms with Crippen LogP contribution < -0.4 is 14.8 Å². The first kappa shape index (κ1) is 16.1. The van der Waals surface area contributed by atoms with E-state index < -0.39 is 16.6 Å².